The Balaban J connectivity index is 1.50. The molecule has 0 fully saturated rings. The standard InChI is InChI=1S/C22H19ClFN3OS/c23-20-8-4-7-18(21(20)24)14-28-19-11-9-16(10-12-19)13-26-27-22(25)29-15-17-5-2-1-3-6-17/h1-13H,14-15H2,(H2,25,27). The topological polar surface area (TPSA) is 60.0 Å². The second-order valence-electron chi connectivity index (χ2n) is 6.03. The molecule has 0 aromatic heterocycles. The van der Waals surface area contributed by atoms with Gasteiger partial charge in [-0.05, 0) is 41.5 Å². The number of amidine groups is 1. The number of hydrogen-bond donors (Lipinski definition) is 1. The van der Waals surface area contributed by atoms with Crippen LogP contribution in [0.5, 0.6) is 5.75 Å². The zero-order valence-corrected chi connectivity index (χ0v) is 17.0. The molecule has 0 aliphatic carbocycles. The van der Waals surface area contributed by atoms with Crippen molar-refractivity contribution in [1.82, 2.24) is 0 Å². The number of nitrogens with two attached hydrogens (primary N) is 1. The Morgan fingerprint density at radius 3 is 2.55 bits per heavy atom. The van der Waals surface area contributed by atoms with Crippen LogP contribution in [0.15, 0.2) is 83.0 Å². The van der Waals surface area contributed by atoms with Gasteiger partial charge in [-0.3, -0.25) is 0 Å². The predicted molar refractivity (Wildman–Crippen MR) is 119 cm³/mol. The highest BCUT2D eigenvalue weighted by Gasteiger charge is 2.06. The molecule has 0 unspecified atom stereocenters. The molecule has 0 aliphatic rings. The molecular weight excluding hydrogens is 409 g/mol. The SMILES string of the molecule is NC(=NN=Cc1ccc(OCc2cccc(Cl)c2F)cc1)SCc1ccccc1. The fourth-order valence-electron chi connectivity index (χ4n) is 2.38. The second kappa shape index (κ2) is 10.6. The van der Waals surface area contributed by atoms with E-state index in [1.807, 2.05) is 42.5 Å². The minimum Gasteiger partial charge on any atom is -0.489 e. The molecular formula is C22H19ClFN3OS. The van der Waals surface area contributed by atoms with Crippen molar-refractivity contribution < 1.29 is 9.13 Å². The van der Waals surface area contributed by atoms with Gasteiger partial charge in [0.05, 0.1) is 11.2 Å². The van der Waals surface area contributed by atoms with Gasteiger partial charge in [0, 0.05) is 11.3 Å². The Labute approximate surface area is 178 Å². The molecule has 148 valence electrons. The van der Waals surface area contributed by atoms with E-state index in [0.29, 0.717) is 16.5 Å². The molecule has 0 saturated heterocycles. The van der Waals surface area contributed by atoms with Gasteiger partial charge in [-0.15, -0.1) is 5.10 Å². The van der Waals surface area contributed by atoms with Crippen molar-refractivity contribution in [3.05, 3.63) is 100 Å². The van der Waals surface area contributed by atoms with Crippen LogP contribution in [0, 0.1) is 5.82 Å². The van der Waals surface area contributed by atoms with Crippen molar-refractivity contribution in [3.8, 4) is 5.75 Å². The lowest BCUT2D eigenvalue weighted by molar-refractivity contribution is 0.300. The third kappa shape index (κ3) is 6.62. The van der Waals surface area contributed by atoms with Crippen LogP contribution in [-0.4, -0.2) is 11.4 Å². The van der Waals surface area contributed by atoms with Crippen LogP contribution in [0.4, 0.5) is 4.39 Å². The van der Waals surface area contributed by atoms with Crippen LogP contribution < -0.4 is 10.5 Å². The molecule has 0 atom stereocenters. The number of rotatable bonds is 7. The van der Waals surface area contributed by atoms with Crippen molar-refractivity contribution in [2.24, 2.45) is 15.9 Å². The average molecular weight is 428 g/mol. The lowest BCUT2D eigenvalue weighted by Crippen LogP contribution is -2.06. The van der Waals surface area contributed by atoms with Crippen molar-refractivity contribution in [2.45, 2.75) is 12.4 Å². The summed E-state index contributed by atoms with van der Waals surface area (Å²) in [5.74, 6) is 0.895. The zero-order chi connectivity index (χ0) is 20.5. The van der Waals surface area contributed by atoms with Gasteiger partial charge in [0.2, 0.25) is 0 Å². The molecule has 0 saturated carbocycles. The molecule has 0 heterocycles. The van der Waals surface area contributed by atoms with Gasteiger partial charge in [0.25, 0.3) is 0 Å². The summed E-state index contributed by atoms with van der Waals surface area (Å²) in [4.78, 5) is 0. The van der Waals surface area contributed by atoms with Crippen molar-refractivity contribution in [2.75, 3.05) is 0 Å². The first-order chi connectivity index (χ1) is 14.1. The first kappa shape index (κ1) is 20.9. The van der Waals surface area contributed by atoms with E-state index in [2.05, 4.69) is 10.2 Å². The molecule has 3 aromatic carbocycles. The highest BCUT2D eigenvalue weighted by Crippen LogP contribution is 2.20. The van der Waals surface area contributed by atoms with Gasteiger partial charge in [0.15, 0.2) is 5.17 Å². The highest BCUT2D eigenvalue weighted by molar-refractivity contribution is 8.13. The number of halogens is 2. The maximum absolute atomic E-state index is 13.9. The third-order valence-corrected chi connectivity index (χ3v) is 5.05. The van der Waals surface area contributed by atoms with Crippen LogP contribution >= 0.6 is 23.4 Å². The second-order valence-corrected chi connectivity index (χ2v) is 7.43. The van der Waals surface area contributed by atoms with E-state index >= 15 is 0 Å². The summed E-state index contributed by atoms with van der Waals surface area (Å²) in [6.45, 7) is 0.0965. The van der Waals surface area contributed by atoms with Crippen LogP contribution in [0.2, 0.25) is 5.02 Å². The molecule has 3 aromatic rings. The molecule has 2 N–H and O–H groups in total. The summed E-state index contributed by atoms with van der Waals surface area (Å²) >= 11 is 7.20. The maximum atomic E-state index is 13.9. The lowest BCUT2D eigenvalue weighted by Gasteiger charge is -2.08. The molecule has 3 rings (SSSR count). The average Bonchev–Trinajstić information content (AvgIpc) is 2.75. The Hall–Kier alpha value is -2.83. The number of nitrogens with zero attached hydrogens (tertiary/aromatic N) is 2. The monoisotopic (exact) mass is 427 g/mol. The summed E-state index contributed by atoms with van der Waals surface area (Å²) in [6, 6.07) is 22.1. The molecule has 29 heavy (non-hydrogen) atoms. The first-order valence-corrected chi connectivity index (χ1v) is 10.2. The number of hydrogen-bond acceptors (Lipinski definition) is 4. The Morgan fingerprint density at radius 1 is 1.03 bits per heavy atom. The van der Waals surface area contributed by atoms with Gasteiger partial charge in [-0.25, -0.2) is 4.39 Å². The van der Waals surface area contributed by atoms with Crippen molar-refractivity contribution >= 4 is 34.7 Å². The molecule has 7 heteroatoms. The first-order valence-electron chi connectivity index (χ1n) is 8.81. The largest absolute Gasteiger partial charge is 0.489 e. The van der Waals surface area contributed by atoms with E-state index in [-0.39, 0.29) is 11.6 Å². The van der Waals surface area contributed by atoms with Gasteiger partial charge in [-0.2, -0.15) is 5.10 Å². The molecule has 4 nitrogen and oxygen atoms in total. The summed E-state index contributed by atoms with van der Waals surface area (Å²) < 4.78 is 19.5. The molecule has 0 aliphatic heterocycles. The molecule has 0 bridgehead atoms. The summed E-state index contributed by atoms with van der Waals surface area (Å²) in [6.07, 6.45) is 1.61. The normalized spacial score (nSPS) is 11.7. The van der Waals surface area contributed by atoms with Crippen LogP contribution in [0.3, 0.4) is 0 Å². The maximum Gasteiger partial charge on any atom is 0.180 e. The Morgan fingerprint density at radius 2 is 1.79 bits per heavy atom. The van der Waals surface area contributed by atoms with Gasteiger partial charge < -0.3 is 10.5 Å². The number of ether oxygens (including phenoxy) is 1. The van der Waals surface area contributed by atoms with E-state index in [4.69, 9.17) is 22.1 Å². The van der Waals surface area contributed by atoms with E-state index in [0.717, 1.165) is 11.3 Å². The van der Waals surface area contributed by atoms with Gasteiger partial charge in [0.1, 0.15) is 18.2 Å². The summed E-state index contributed by atoms with van der Waals surface area (Å²) in [5.41, 5.74) is 8.29. The molecule has 0 radical (unpaired) electrons. The summed E-state index contributed by atoms with van der Waals surface area (Å²) in [5, 5.41) is 8.48. The van der Waals surface area contributed by atoms with Crippen molar-refractivity contribution in [1.29, 1.82) is 0 Å². The van der Waals surface area contributed by atoms with E-state index in [1.54, 1.807) is 30.5 Å². The van der Waals surface area contributed by atoms with Crippen molar-refractivity contribution in [3.63, 3.8) is 0 Å². The fraction of sp³-hybridized carbons (Fsp3) is 0.0909. The van der Waals surface area contributed by atoms with Gasteiger partial charge >= 0.3 is 0 Å². The van der Waals surface area contributed by atoms with Crippen LogP contribution in [0.1, 0.15) is 16.7 Å². The molecule has 0 amide bonds. The minimum atomic E-state index is -0.460. The van der Waals surface area contributed by atoms with Gasteiger partial charge in [-0.1, -0.05) is 65.8 Å². The zero-order valence-electron chi connectivity index (χ0n) is 15.5. The quantitative estimate of drug-likeness (QED) is 0.301. The highest BCUT2D eigenvalue weighted by atomic mass is 35.5. The lowest BCUT2D eigenvalue weighted by atomic mass is 10.2. The van der Waals surface area contributed by atoms with E-state index < -0.39 is 5.82 Å². The predicted octanol–water partition coefficient (Wildman–Crippen LogP) is 5.64. The smallest absolute Gasteiger partial charge is 0.180 e. The summed E-state index contributed by atoms with van der Waals surface area (Å²) in [7, 11) is 0. The van der Waals surface area contributed by atoms with E-state index in [1.165, 1.54) is 23.4 Å². The minimum absolute atomic E-state index is 0.0828. The fourth-order valence-corrected chi connectivity index (χ4v) is 3.19. The Bertz CT molecular complexity index is 995. The number of thioether (sulfide) groups is 1. The number of benzene rings is 3. The molecule has 0 spiro atoms. The van der Waals surface area contributed by atoms with E-state index in [9.17, 15) is 4.39 Å². The Kier molecular flexibility index (Phi) is 7.67. The third-order valence-electron chi connectivity index (χ3n) is 3.90. The van der Waals surface area contributed by atoms with Crippen LogP contribution in [0.25, 0.3) is 0 Å². The van der Waals surface area contributed by atoms with Crippen LogP contribution in [-0.2, 0) is 12.4 Å².